The summed E-state index contributed by atoms with van der Waals surface area (Å²) >= 11 is 0. The Morgan fingerprint density at radius 3 is 2.56 bits per heavy atom. The third-order valence-electron chi connectivity index (χ3n) is 3.19. The van der Waals surface area contributed by atoms with Crippen LogP contribution >= 0.6 is 0 Å². The number of carbonyl (C=O) groups is 1. The van der Waals surface area contributed by atoms with Crippen molar-refractivity contribution in [3.05, 3.63) is 29.8 Å². The summed E-state index contributed by atoms with van der Waals surface area (Å²) < 4.78 is 0. The van der Waals surface area contributed by atoms with Gasteiger partial charge in [-0.05, 0) is 29.5 Å². The molecular weight excluding hydrogens is 224 g/mol. The van der Waals surface area contributed by atoms with E-state index in [-0.39, 0.29) is 17.2 Å². The van der Waals surface area contributed by atoms with Crippen LogP contribution in [-0.2, 0) is 11.3 Å². The van der Waals surface area contributed by atoms with Crippen LogP contribution in [0.25, 0.3) is 0 Å². The van der Waals surface area contributed by atoms with Gasteiger partial charge in [0, 0.05) is 18.2 Å². The maximum Gasteiger partial charge on any atom is 0.223 e. The first-order valence-electron chi connectivity index (χ1n) is 6.46. The van der Waals surface area contributed by atoms with Crippen LogP contribution in [0.2, 0.25) is 0 Å². The summed E-state index contributed by atoms with van der Waals surface area (Å²) in [5.41, 5.74) is 7.46. The lowest BCUT2D eigenvalue weighted by Gasteiger charge is -2.28. The van der Waals surface area contributed by atoms with E-state index >= 15 is 0 Å². The second kappa shape index (κ2) is 5.89. The summed E-state index contributed by atoms with van der Waals surface area (Å²) in [6.45, 7) is 8.89. The molecule has 0 saturated heterocycles. The van der Waals surface area contributed by atoms with Crippen LogP contribution in [0.5, 0.6) is 0 Å². The topological polar surface area (TPSA) is 55.1 Å². The van der Waals surface area contributed by atoms with Crippen molar-refractivity contribution in [1.82, 2.24) is 5.32 Å². The second-order valence-corrected chi connectivity index (χ2v) is 5.79. The minimum Gasteiger partial charge on any atom is -0.399 e. The Morgan fingerprint density at radius 2 is 2.06 bits per heavy atom. The van der Waals surface area contributed by atoms with E-state index in [1.54, 1.807) is 0 Å². The number of nitrogens with one attached hydrogen (secondary N) is 1. The molecule has 0 radical (unpaired) electrons. The Kier molecular flexibility index (Phi) is 4.76. The van der Waals surface area contributed by atoms with E-state index in [0.717, 1.165) is 17.7 Å². The van der Waals surface area contributed by atoms with Gasteiger partial charge in [0.05, 0.1) is 0 Å². The molecule has 1 aromatic rings. The summed E-state index contributed by atoms with van der Waals surface area (Å²) in [5.74, 6) is 0.158. The normalized spacial score (nSPS) is 13.1. The molecule has 1 atom stereocenters. The molecule has 1 rings (SSSR count). The van der Waals surface area contributed by atoms with Crippen molar-refractivity contribution < 1.29 is 4.79 Å². The number of anilines is 1. The van der Waals surface area contributed by atoms with Gasteiger partial charge in [-0.2, -0.15) is 0 Å². The molecule has 3 heteroatoms. The average molecular weight is 248 g/mol. The van der Waals surface area contributed by atoms with E-state index in [1.165, 1.54) is 0 Å². The molecule has 0 saturated carbocycles. The predicted octanol–water partition coefficient (Wildman–Crippen LogP) is 2.96. The van der Waals surface area contributed by atoms with E-state index in [2.05, 4.69) is 33.0 Å². The molecule has 0 heterocycles. The zero-order valence-corrected chi connectivity index (χ0v) is 11.8. The molecule has 0 bridgehead atoms. The van der Waals surface area contributed by atoms with Gasteiger partial charge in [0.25, 0.3) is 0 Å². The van der Waals surface area contributed by atoms with Crippen molar-refractivity contribution >= 4 is 11.6 Å². The number of hydrogen-bond acceptors (Lipinski definition) is 2. The standard InChI is InChI=1S/C15H24N2O/c1-5-13(15(2,3)4)14(18)17-10-11-7-6-8-12(16)9-11/h6-9,13H,5,10,16H2,1-4H3,(H,17,18). The molecule has 1 amide bonds. The maximum absolute atomic E-state index is 12.1. The van der Waals surface area contributed by atoms with Crippen molar-refractivity contribution in [2.45, 2.75) is 40.7 Å². The highest BCUT2D eigenvalue weighted by Gasteiger charge is 2.29. The fourth-order valence-electron chi connectivity index (χ4n) is 2.21. The number of rotatable bonds is 4. The lowest BCUT2D eigenvalue weighted by molar-refractivity contribution is -0.128. The van der Waals surface area contributed by atoms with Crippen molar-refractivity contribution in [3.8, 4) is 0 Å². The largest absolute Gasteiger partial charge is 0.399 e. The van der Waals surface area contributed by atoms with Crippen LogP contribution in [0.15, 0.2) is 24.3 Å². The van der Waals surface area contributed by atoms with Crippen LogP contribution in [0.4, 0.5) is 5.69 Å². The van der Waals surface area contributed by atoms with E-state index in [0.29, 0.717) is 6.54 Å². The third-order valence-corrected chi connectivity index (χ3v) is 3.19. The Bertz CT molecular complexity index is 407. The number of amides is 1. The summed E-state index contributed by atoms with van der Waals surface area (Å²) in [6.07, 6.45) is 0.853. The summed E-state index contributed by atoms with van der Waals surface area (Å²) in [7, 11) is 0. The minimum absolute atomic E-state index is 0.00541. The van der Waals surface area contributed by atoms with Gasteiger partial charge in [-0.15, -0.1) is 0 Å². The predicted molar refractivity (Wildman–Crippen MR) is 75.9 cm³/mol. The van der Waals surface area contributed by atoms with Crippen molar-refractivity contribution in [2.24, 2.45) is 11.3 Å². The smallest absolute Gasteiger partial charge is 0.223 e. The van der Waals surface area contributed by atoms with Crippen LogP contribution in [0.3, 0.4) is 0 Å². The SMILES string of the molecule is CCC(C(=O)NCc1cccc(N)c1)C(C)(C)C. The highest BCUT2D eigenvalue weighted by atomic mass is 16.1. The molecule has 18 heavy (non-hydrogen) atoms. The minimum atomic E-state index is -0.00541. The fourth-order valence-corrected chi connectivity index (χ4v) is 2.21. The van der Waals surface area contributed by atoms with Gasteiger partial charge < -0.3 is 11.1 Å². The molecule has 100 valence electrons. The fraction of sp³-hybridized carbons (Fsp3) is 0.533. The highest BCUT2D eigenvalue weighted by molar-refractivity contribution is 5.79. The second-order valence-electron chi connectivity index (χ2n) is 5.79. The molecule has 1 unspecified atom stereocenters. The van der Waals surface area contributed by atoms with Gasteiger partial charge in [0.2, 0.25) is 5.91 Å². The molecule has 3 N–H and O–H groups in total. The van der Waals surface area contributed by atoms with Gasteiger partial charge in [-0.25, -0.2) is 0 Å². The lowest BCUT2D eigenvalue weighted by atomic mass is 9.78. The van der Waals surface area contributed by atoms with Crippen LogP contribution in [0.1, 0.15) is 39.7 Å². The molecule has 0 fully saturated rings. The summed E-state index contributed by atoms with van der Waals surface area (Å²) in [4.78, 5) is 12.1. The summed E-state index contributed by atoms with van der Waals surface area (Å²) in [6, 6.07) is 7.60. The van der Waals surface area contributed by atoms with E-state index < -0.39 is 0 Å². The Labute approximate surface area is 110 Å². The Balaban J connectivity index is 2.60. The van der Waals surface area contributed by atoms with E-state index in [1.807, 2.05) is 24.3 Å². The quantitative estimate of drug-likeness (QED) is 0.805. The Morgan fingerprint density at radius 1 is 1.39 bits per heavy atom. The number of carbonyl (C=O) groups excluding carboxylic acids is 1. The number of nitrogens with two attached hydrogens (primary N) is 1. The van der Waals surface area contributed by atoms with Crippen molar-refractivity contribution in [2.75, 3.05) is 5.73 Å². The molecule has 0 aliphatic carbocycles. The van der Waals surface area contributed by atoms with E-state index in [9.17, 15) is 4.79 Å². The van der Waals surface area contributed by atoms with Crippen molar-refractivity contribution in [1.29, 1.82) is 0 Å². The number of hydrogen-bond donors (Lipinski definition) is 2. The molecule has 3 nitrogen and oxygen atoms in total. The maximum atomic E-state index is 12.1. The lowest BCUT2D eigenvalue weighted by Crippen LogP contribution is -2.37. The van der Waals surface area contributed by atoms with Gasteiger partial charge in [-0.3, -0.25) is 4.79 Å². The molecule has 1 aromatic carbocycles. The number of benzene rings is 1. The van der Waals surface area contributed by atoms with Crippen LogP contribution in [0, 0.1) is 11.3 Å². The zero-order chi connectivity index (χ0) is 13.8. The van der Waals surface area contributed by atoms with Gasteiger partial charge in [0.15, 0.2) is 0 Å². The van der Waals surface area contributed by atoms with Gasteiger partial charge >= 0.3 is 0 Å². The molecule has 0 aliphatic heterocycles. The average Bonchev–Trinajstić information content (AvgIpc) is 2.25. The van der Waals surface area contributed by atoms with E-state index in [4.69, 9.17) is 5.73 Å². The Hall–Kier alpha value is -1.51. The molecule has 0 aliphatic rings. The van der Waals surface area contributed by atoms with Crippen molar-refractivity contribution in [3.63, 3.8) is 0 Å². The highest BCUT2D eigenvalue weighted by Crippen LogP contribution is 2.28. The monoisotopic (exact) mass is 248 g/mol. The van der Waals surface area contributed by atoms with Crippen LogP contribution in [-0.4, -0.2) is 5.91 Å². The first-order valence-corrected chi connectivity index (χ1v) is 6.46. The third kappa shape index (κ3) is 4.06. The first-order chi connectivity index (χ1) is 8.34. The number of nitrogen functional groups attached to an aromatic ring is 1. The van der Waals surface area contributed by atoms with Crippen LogP contribution < -0.4 is 11.1 Å². The first kappa shape index (κ1) is 14.6. The summed E-state index contributed by atoms with van der Waals surface area (Å²) in [5, 5.41) is 2.99. The van der Waals surface area contributed by atoms with Gasteiger partial charge in [0.1, 0.15) is 0 Å². The zero-order valence-electron chi connectivity index (χ0n) is 11.8. The molecule has 0 aromatic heterocycles. The molecular formula is C15H24N2O. The van der Waals surface area contributed by atoms with Gasteiger partial charge in [-0.1, -0.05) is 39.8 Å². The molecule has 0 spiro atoms.